The van der Waals surface area contributed by atoms with E-state index in [2.05, 4.69) is 31.0 Å². The van der Waals surface area contributed by atoms with E-state index in [0.717, 1.165) is 37.0 Å². The first-order valence-electron chi connectivity index (χ1n) is 7.40. The Morgan fingerprint density at radius 1 is 1.25 bits per heavy atom. The molecule has 1 aromatic rings. The monoisotopic (exact) mass is 273 g/mol. The van der Waals surface area contributed by atoms with Crippen molar-refractivity contribution in [1.29, 1.82) is 0 Å². The van der Waals surface area contributed by atoms with Gasteiger partial charge in [-0.3, -0.25) is 0 Å². The van der Waals surface area contributed by atoms with Crippen LogP contribution in [0.4, 0.5) is 0 Å². The van der Waals surface area contributed by atoms with Gasteiger partial charge in [0.1, 0.15) is 11.3 Å². The minimum atomic E-state index is -0.434. The molecule has 0 heterocycles. The van der Waals surface area contributed by atoms with E-state index in [1.807, 2.05) is 6.07 Å². The van der Waals surface area contributed by atoms with E-state index in [1.165, 1.54) is 12.0 Å². The molecule has 0 bridgehead atoms. The smallest absolute Gasteiger partial charge is 0.235 e. The summed E-state index contributed by atoms with van der Waals surface area (Å²) in [6, 6.07) is 6.26. The highest BCUT2D eigenvalue weighted by Crippen LogP contribution is 2.45. The second kappa shape index (κ2) is 6.23. The van der Waals surface area contributed by atoms with Gasteiger partial charge in [0.25, 0.3) is 0 Å². The van der Waals surface area contributed by atoms with Gasteiger partial charge < -0.3 is 4.74 Å². The molecule has 0 atom stereocenters. The van der Waals surface area contributed by atoms with Crippen LogP contribution in [0.25, 0.3) is 0 Å². The molecule has 108 valence electrons. The highest BCUT2D eigenvalue weighted by molar-refractivity contribution is 5.46. The Morgan fingerprint density at radius 3 is 2.50 bits per heavy atom. The molecule has 0 radical (unpaired) electrons. The molecule has 0 spiro atoms. The van der Waals surface area contributed by atoms with Crippen molar-refractivity contribution in [3.63, 3.8) is 0 Å². The quantitative estimate of drug-likeness (QED) is 0.605. The Balaban J connectivity index is 2.56. The number of nitrogens with zero attached hydrogens (tertiary/aromatic N) is 1. The zero-order valence-electron chi connectivity index (χ0n) is 12.6. The number of isocyanates is 1. The SMILES string of the molecule is COc1ccc(C(C)C)cc1C1(N=C=O)CCCCC1. The van der Waals surface area contributed by atoms with Gasteiger partial charge in [-0.2, -0.15) is 4.99 Å². The predicted molar refractivity (Wildman–Crippen MR) is 80.0 cm³/mol. The number of aliphatic imine (C=N–C) groups is 1. The molecule has 1 aromatic carbocycles. The molecule has 0 saturated heterocycles. The first-order chi connectivity index (χ1) is 9.63. The molecule has 0 aliphatic heterocycles. The second-order valence-electron chi connectivity index (χ2n) is 5.91. The zero-order chi connectivity index (χ0) is 14.6. The van der Waals surface area contributed by atoms with Gasteiger partial charge in [-0.25, -0.2) is 4.79 Å². The van der Waals surface area contributed by atoms with E-state index < -0.39 is 5.54 Å². The lowest BCUT2D eigenvalue weighted by atomic mass is 9.76. The highest BCUT2D eigenvalue weighted by atomic mass is 16.5. The van der Waals surface area contributed by atoms with Crippen LogP contribution in [-0.4, -0.2) is 13.2 Å². The van der Waals surface area contributed by atoms with Crippen LogP contribution in [-0.2, 0) is 10.3 Å². The lowest BCUT2D eigenvalue weighted by molar-refractivity contribution is 0.290. The van der Waals surface area contributed by atoms with Crippen LogP contribution in [0.2, 0.25) is 0 Å². The Kier molecular flexibility index (Phi) is 4.61. The fourth-order valence-electron chi connectivity index (χ4n) is 3.11. The summed E-state index contributed by atoms with van der Waals surface area (Å²) < 4.78 is 5.51. The zero-order valence-corrected chi connectivity index (χ0v) is 12.6. The van der Waals surface area contributed by atoms with E-state index in [0.29, 0.717) is 5.92 Å². The van der Waals surface area contributed by atoms with E-state index in [4.69, 9.17) is 4.74 Å². The summed E-state index contributed by atoms with van der Waals surface area (Å²) >= 11 is 0. The van der Waals surface area contributed by atoms with Crippen molar-refractivity contribution in [3.05, 3.63) is 29.3 Å². The summed E-state index contributed by atoms with van der Waals surface area (Å²) in [4.78, 5) is 15.1. The van der Waals surface area contributed by atoms with Crippen LogP contribution < -0.4 is 4.74 Å². The summed E-state index contributed by atoms with van der Waals surface area (Å²) in [6.45, 7) is 4.34. The van der Waals surface area contributed by atoms with E-state index in [9.17, 15) is 4.79 Å². The van der Waals surface area contributed by atoms with Gasteiger partial charge in [0, 0.05) is 5.56 Å². The van der Waals surface area contributed by atoms with Gasteiger partial charge >= 0.3 is 0 Å². The lowest BCUT2D eigenvalue weighted by Crippen LogP contribution is -2.27. The molecule has 1 fully saturated rings. The lowest BCUT2D eigenvalue weighted by Gasteiger charge is -2.34. The molecule has 0 aromatic heterocycles. The van der Waals surface area contributed by atoms with Crippen molar-refractivity contribution >= 4 is 6.08 Å². The topological polar surface area (TPSA) is 38.7 Å². The van der Waals surface area contributed by atoms with Gasteiger partial charge in [-0.15, -0.1) is 0 Å². The van der Waals surface area contributed by atoms with Crippen molar-refractivity contribution in [2.45, 2.75) is 57.4 Å². The Morgan fingerprint density at radius 2 is 1.95 bits per heavy atom. The number of benzene rings is 1. The highest BCUT2D eigenvalue weighted by Gasteiger charge is 2.36. The number of hydrogen-bond acceptors (Lipinski definition) is 3. The summed E-state index contributed by atoms with van der Waals surface area (Å²) in [5.41, 5.74) is 1.87. The Hall–Kier alpha value is -1.60. The first-order valence-corrected chi connectivity index (χ1v) is 7.40. The van der Waals surface area contributed by atoms with Crippen LogP contribution in [0.1, 0.15) is 63.0 Å². The van der Waals surface area contributed by atoms with Gasteiger partial charge in [0.05, 0.1) is 7.11 Å². The summed E-state index contributed by atoms with van der Waals surface area (Å²) in [5.74, 6) is 1.27. The molecule has 1 aliphatic rings. The van der Waals surface area contributed by atoms with Crippen LogP contribution in [0.3, 0.4) is 0 Å². The molecule has 20 heavy (non-hydrogen) atoms. The average molecular weight is 273 g/mol. The Bertz CT molecular complexity index is 510. The number of rotatable bonds is 4. The molecule has 3 nitrogen and oxygen atoms in total. The molecular formula is C17H23NO2. The molecular weight excluding hydrogens is 250 g/mol. The van der Waals surface area contributed by atoms with Crippen molar-refractivity contribution < 1.29 is 9.53 Å². The van der Waals surface area contributed by atoms with Crippen LogP contribution in [0.5, 0.6) is 5.75 Å². The van der Waals surface area contributed by atoms with Crippen LogP contribution in [0, 0.1) is 0 Å². The van der Waals surface area contributed by atoms with E-state index in [-0.39, 0.29) is 0 Å². The third kappa shape index (κ3) is 2.78. The minimum absolute atomic E-state index is 0.434. The molecule has 0 unspecified atom stereocenters. The maximum atomic E-state index is 10.9. The molecule has 3 heteroatoms. The van der Waals surface area contributed by atoms with Gasteiger partial charge in [0.2, 0.25) is 6.08 Å². The maximum Gasteiger partial charge on any atom is 0.235 e. The Labute approximate surface area is 121 Å². The van der Waals surface area contributed by atoms with Crippen molar-refractivity contribution in [1.82, 2.24) is 0 Å². The van der Waals surface area contributed by atoms with E-state index in [1.54, 1.807) is 13.2 Å². The predicted octanol–water partition coefficient (Wildman–Crippen LogP) is 4.31. The third-order valence-electron chi connectivity index (χ3n) is 4.33. The molecule has 1 aliphatic carbocycles. The fourth-order valence-corrected chi connectivity index (χ4v) is 3.11. The van der Waals surface area contributed by atoms with Gasteiger partial charge in [-0.05, 0) is 36.5 Å². The summed E-state index contributed by atoms with van der Waals surface area (Å²) in [6.07, 6.45) is 7.01. The average Bonchev–Trinajstić information content (AvgIpc) is 2.47. The number of carbonyl (C=O) groups excluding carboxylic acids is 1. The van der Waals surface area contributed by atoms with Gasteiger partial charge in [0.15, 0.2) is 0 Å². The fraction of sp³-hybridized carbons (Fsp3) is 0.588. The van der Waals surface area contributed by atoms with Crippen LogP contribution >= 0.6 is 0 Å². The largest absolute Gasteiger partial charge is 0.496 e. The summed E-state index contributed by atoms with van der Waals surface area (Å²) in [5, 5.41) is 0. The molecule has 0 N–H and O–H groups in total. The first kappa shape index (κ1) is 14.8. The molecule has 1 saturated carbocycles. The molecule has 0 amide bonds. The van der Waals surface area contributed by atoms with Gasteiger partial charge in [-0.1, -0.05) is 39.2 Å². The van der Waals surface area contributed by atoms with Crippen molar-refractivity contribution in [2.75, 3.05) is 7.11 Å². The normalized spacial score (nSPS) is 17.6. The standard InChI is InChI=1S/C17H23NO2/c1-13(2)14-7-8-16(20-3)15(11-14)17(18-12-19)9-5-4-6-10-17/h7-8,11,13H,4-6,9-10H2,1-3H3. The van der Waals surface area contributed by atoms with Crippen LogP contribution in [0.15, 0.2) is 23.2 Å². The maximum absolute atomic E-state index is 10.9. The number of ether oxygens (including phenoxy) is 1. The van der Waals surface area contributed by atoms with Crippen molar-refractivity contribution in [3.8, 4) is 5.75 Å². The van der Waals surface area contributed by atoms with Crippen molar-refractivity contribution in [2.24, 2.45) is 4.99 Å². The summed E-state index contributed by atoms with van der Waals surface area (Å²) in [7, 11) is 1.68. The van der Waals surface area contributed by atoms with E-state index >= 15 is 0 Å². The third-order valence-corrected chi connectivity index (χ3v) is 4.33. The number of hydrogen-bond donors (Lipinski definition) is 0. The molecule has 2 rings (SSSR count). The second-order valence-corrected chi connectivity index (χ2v) is 5.91. The minimum Gasteiger partial charge on any atom is -0.496 e. The number of methoxy groups -OCH3 is 1.